The van der Waals surface area contributed by atoms with Gasteiger partial charge < -0.3 is 9.84 Å². The average Bonchev–Trinajstić information content (AvgIpc) is 2.66. The Morgan fingerprint density at radius 1 is 1.12 bits per heavy atom. The molecule has 0 unspecified atom stereocenters. The van der Waals surface area contributed by atoms with Crippen molar-refractivity contribution in [2.24, 2.45) is 0 Å². The molecule has 4 nitrogen and oxygen atoms in total. The van der Waals surface area contributed by atoms with E-state index in [1.54, 1.807) is 19.2 Å². The standard InChI is InChI=1S/C21H27FN2O2/c1-26-20-7-8-21(22)18(13-20)15-23-10-11-24(19(16-23)9-12-25)14-17-5-3-2-4-6-17/h2-8,13,19,25H,9-12,14-16H2,1H3/t19-/m0/s1. The van der Waals surface area contributed by atoms with Gasteiger partial charge in [-0.2, -0.15) is 0 Å². The lowest BCUT2D eigenvalue weighted by Gasteiger charge is -2.41. The van der Waals surface area contributed by atoms with Crippen molar-refractivity contribution < 1.29 is 14.2 Å². The predicted molar refractivity (Wildman–Crippen MR) is 101 cm³/mol. The van der Waals surface area contributed by atoms with E-state index in [-0.39, 0.29) is 18.5 Å². The summed E-state index contributed by atoms with van der Waals surface area (Å²) in [4.78, 5) is 4.68. The lowest BCUT2D eigenvalue weighted by molar-refractivity contribution is 0.0494. The van der Waals surface area contributed by atoms with Crippen LogP contribution in [0.5, 0.6) is 5.75 Å². The zero-order chi connectivity index (χ0) is 18.4. The summed E-state index contributed by atoms with van der Waals surface area (Å²) in [7, 11) is 1.59. The molecule has 1 saturated heterocycles. The van der Waals surface area contributed by atoms with Crippen molar-refractivity contribution in [1.29, 1.82) is 0 Å². The highest BCUT2D eigenvalue weighted by Gasteiger charge is 2.27. The zero-order valence-electron chi connectivity index (χ0n) is 15.3. The molecule has 0 aliphatic carbocycles. The number of benzene rings is 2. The summed E-state index contributed by atoms with van der Waals surface area (Å²) < 4.78 is 19.4. The highest BCUT2D eigenvalue weighted by molar-refractivity contribution is 5.29. The third-order valence-corrected chi connectivity index (χ3v) is 5.03. The maximum Gasteiger partial charge on any atom is 0.127 e. The van der Waals surface area contributed by atoms with Gasteiger partial charge in [0.05, 0.1) is 7.11 Å². The second kappa shape index (κ2) is 9.12. The van der Waals surface area contributed by atoms with E-state index >= 15 is 0 Å². The quantitative estimate of drug-likeness (QED) is 0.826. The van der Waals surface area contributed by atoms with E-state index in [1.807, 2.05) is 6.07 Å². The molecule has 26 heavy (non-hydrogen) atoms. The third-order valence-electron chi connectivity index (χ3n) is 5.03. The molecule has 0 bridgehead atoms. The number of nitrogens with zero attached hydrogens (tertiary/aromatic N) is 2. The van der Waals surface area contributed by atoms with Crippen molar-refractivity contribution in [1.82, 2.24) is 9.80 Å². The maximum atomic E-state index is 14.1. The SMILES string of the molecule is COc1ccc(F)c(CN2CCN(Cc3ccccc3)[C@@H](CCO)C2)c1. The van der Waals surface area contributed by atoms with Crippen LogP contribution in [0.1, 0.15) is 17.5 Å². The Morgan fingerprint density at radius 2 is 1.92 bits per heavy atom. The summed E-state index contributed by atoms with van der Waals surface area (Å²) >= 11 is 0. The Morgan fingerprint density at radius 3 is 2.65 bits per heavy atom. The Hall–Kier alpha value is -1.95. The van der Waals surface area contributed by atoms with Crippen molar-refractivity contribution in [2.75, 3.05) is 33.4 Å². The highest BCUT2D eigenvalue weighted by atomic mass is 19.1. The average molecular weight is 358 g/mol. The van der Waals surface area contributed by atoms with Crippen LogP contribution in [0.2, 0.25) is 0 Å². The second-order valence-electron chi connectivity index (χ2n) is 6.81. The van der Waals surface area contributed by atoms with Crippen molar-refractivity contribution in [2.45, 2.75) is 25.6 Å². The Bertz CT molecular complexity index is 696. The van der Waals surface area contributed by atoms with Gasteiger partial charge in [-0.25, -0.2) is 4.39 Å². The number of ether oxygens (including phenoxy) is 1. The molecule has 0 radical (unpaired) electrons. The summed E-state index contributed by atoms with van der Waals surface area (Å²) in [5.41, 5.74) is 1.94. The van der Waals surface area contributed by atoms with Gasteiger partial charge in [-0.1, -0.05) is 30.3 Å². The lowest BCUT2D eigenvalue weighted by Crippen LogP contribution is -2.52. The minimum Gasteiger partial charge on any atom is -0.497 e. The van der Waals surface area contributed by atoms with Gasteiger partial charge in [0.15, 0.2) is 0 Å². The van der Waals surface area contributed by atoms with Gasteiger partial charge in [-0.05, 0) is 30.2 Å². The molecule has 1 atom stereocenters. The fourth-order valence-corrected chi connectivity index (χ4v) is 3.59. The van der Waals surface area contributed by atoms with Crippen LogP contribution in [-0.4, -0.2) is 54.3 Å². The first-order valence-corrected chi connectivity index (χ1v) is 9.13. The minimum absolute atomic E-state index is 0.164. The van der Waals surface area contributed by atoms with Crippen molar-refractivity contribution in [3.8, 4) is 5.75 Å². The van der Waals surface area contributed by atoms with Crippen LogP contribution in [0, 0.1) is 5.82 Å². The van der Waals surface area contributed by atoms with Crippen LogP contribution >= 0.6 is 0 Å². The molecule has 2 aromatic rings. The molecule has 0 aromatic heterocycles. The Kier molecular flexibility index (Phi) is 6.61. The number of hydrogen-bond donors (Lipinski definition) is 1. The number of aliphatic hydroxyl groups is 1. The summed E-state index contributed by atoms with van der Waals surface area (Å²) in [5, 5.41) is 9.47. The molecular formula is C21H27FN2O2. The summed E-state index contributed by atoms with van der Waals surface area (Å²) in [6.07, 6.45) is 0.726. The summed E-state index contributed by atoms with van der Waals surface area (Å²) in [6, 6.07) is 15.5. The number of halogens is 1. The molecular weight excluding hydrogens is 331 g/mol. The number of piperazine rings is 1. The van der Waals surface area contributed by atoms with Gasteiger partial charge in [0.25, 0.3) is 0 Å². The Balaban J connectivity index is 1.65. The van der Waals surface area contributed by atoms with Gasteiger partial charge in [0.2, 0.25) is 0 Å². The molecule has 1 aliphatic heterocycles. The normalized spacial score (nSPS) is 18.8. The zero-order valence-corrected chi connectivity index (χ0v) is 15.3. The van der Waals surface area contributed by atoms with Crippen LogP contribution in [-0.2, 0) is 13.1 Å². The topological polar surface area (TPSA) is 35.9 Å². The number of methoxy groups -OCH3 is 1. The first-order valence-electron chi connectivity index (χ1n) is 9.13. The van der Waals surface area contributed by atoms with Crippen LogP contribution in [0.25, 0.3) is 0 Å². The van der Waals surface area contributed by atoms with E-state index in [0.717, 1.165) is 32.6 Å². The van der Waals surface area contributed by atoms with Crippen LogP contribution in [0.15, 0.2) is 48.5 Å². The smallest absolute Gasteiger partial charge is 0.127 e. The fourth-order valence-electron chi connectivity index (χ4n) is 3.59. The maximum absolute atomic E-state index is 14.1. The highest BCUT2D eigenvalue weighted by Crippen LogP contribution is 2.22. The molecule has 5 heteroatoms. The van der Waals surface area contributed by atoms with Crippen LogP contribution in [0.4, 0.5) is 4.39 Å². The van der Waals surface area contributed by atoms with Crippen molar-refractivity contribution >= 4 is 0 Å². The largest absolute Gasteiger partial charge is 0.497 e. The molecule has 2 aromatic carbocycles. The first-order chi connectivity index (χ1) is 12.7. The molecule has 1 fully saturated rings. The lowest BCUT2D eigenvalue weighted by atomic mass is 10.1. The van der Waals surface area contributed by atoms with Gasteiger partial charge in [0, 0.05) is 50.9 Å². The van der Waals surface area contributed by atoms with Crippen LogP contribution in [0.3, 0.4) is 0 Å². The van der Waals surface area contributed by atoms with Gasteiger partial charge in [-0.15, -0.1) is 0 Å². The summed E-state index contributed by atoms with van der Waals surface area (Å²) in [5.74, 6) is 0.479. The van der Waals surface area contributed by atoms with Gasteiger partial charge in [0.1, 0.15) is 11.6 Å². The van der Waals surface area contributed by atoms with Crippen molar-refractivity contribution in [3.63, 3.8) is 0 Å². The van der Waals surface area contributed by atoms with Crippen molar-refractivity contribution in [3.05, 3.63) is 65.5 Å². The molecule has 0 saturated carbocycles. The number of hydrogen-bond acceptors (Lipinski definition) is 4. The van der Waals surface area contributed by atoms with Crippen LogP contribution < -0.4 is 4.74 Å². The third kappa shape index (κ3) is 4.81. The van der Waals surface area contributed by atoms with Gasteiger partial charge >= 0.3 is 0 Å². The predicted octanol–water partition coefficient (Wildman–Crippen LogP) is 2.90. The van der Waals surface area contributed by atoms with E-state index < -0.39 is 0 Å². The first kappa shape index (κ1) is 18.8. The number of rotatable bonds is 7. The summed E-state index contributed by atoms with van der Waals surface area (Å²) in [6.45, 7) is 4.22. The molecule has 3 rings (SSSR count). The molecule has 0 spiro atoms. The molecule has 1 aliphatic rings. The van der Waals surface area contributed by atoms with E-state index in [2.05, 4.69) is 34.1 Å². The van der Waals surface area contributed by atoms with Gasteiger partial charge in [-0.3, -0.25) is 9.80 Å². The minimum atomic E-state index is -0.198. The fraction of sp³-hybridized carbons (Fsp3) is 0.429. The molecule has 0 amide bonds. The molecule has 1 heterocycles. The van der Waals surface area contributed by atoms with E-state index in [1.165, 1.54) is 11.6 Å². The Labute approximate surface area is 154 Å². The monoisotopic (exact) mass is 358 g/mol. The van der Waals surface area contributed by atoms with E-state index in [9.17, 15) is 9.50 Å². The number of aliphatic hydroxyl groups excluding tert-OH is 1. The molecule has 1 N–H and O–H groups in total. The van der Waals surface area contributed by atoms with E-state index in [4.69, 9.17) is 4.74 Å². The van der Waals surface area contributed by atoms with E-state index in [0.29, 0.717) is 17.9 Å². The molecule has 140 valence electrons. The second-order valence-corrected chi connectivity index (χ2v) is 6.81.